The first-order valence-electron chi connectivity index (χ1n) is 11.4. The fraction of sp³-hybridized carbons (Fsp3) is 0.200. The highest BCUT2D eigenvalue weighted by molar-refractivity contribution is 7.22. The van der Waals surface area contributed by atoms with Gasteiger partial charge in [-0.15, -0.1) is 5.10 Å². The SMILES string of the molecule is N#CC1CCN(c2nc3nc(-c4ccccc4)cc(C(=O)Nc4nnc(-c5ccco5)o4)c3s2)CC1. The van der Waals surface area contributed by atoms with Crippen molar-refractivity contribution in [2.24, 2.45) is 5.92 Å². The van der Waals surface area contributed by atoms with Crippen molar-refractivity contribution >= 4 is 38.7 Å². The maximum atomic E-state index is 13.4. The van der Waals surface area contributed by atoms with E-state index in [1.165, 1.54) is 17.6 Å². The van der Waals surface area contributed by atoms with Crippen LogP contribution in [0.15, 0.2) is 63.6 Å². The van der Waals surface area contributed by atoms with E-state index in [0.717, 1.165) is 36.6 Å². The van der Waals surface area contributed by atoms with Gasteiger partial charge in [-0.25, -0.2) is 4.98 Å². The van der Waals surface area contributed by atoms with E-state index in [9.17, 15) is 10.1 Å². The molecule has 11 heteroatoms. The smallest absolute Gasteiger partial charge is 0.322 e. The van der Waals surface area contributed by atoms with Crippen molar-refractivity contribution in [3.8, 4) is 29.0 Å². The number of hydrogen-bond acceptors (Lipinski definition) is 10. The largest absolute Gasteiger partial charge is 0.459 e. The van der Waals surface area contributed by atoms with Gasteiger partial charge in [0.2, 0.25) is 0 Å². The number of nitriles is 1. The number of carbonyl (C=O) groups is 1. The second kappa shape index (κ2) is 9.24. The summed E-state index contributed by atoms with van der Waals surface area (Å²) in [6, 6.07) is 17.1. The van der Waals surface area contributed by atoms with E-state index in [0.29, 0.717) is 27.4 Å². The van der Waals surface area contributed by atoms with Crippen molar-refractivity contribution < 1.29 is 13.6 Å². The minimum absolute atomic E-state index is 0.0408. The molecular weight excluding hydrogens is 478 g/mol. The van der Waals surface area contributed by atoms with Crippen LogP contribution in [0.4, 0.5) is 11.1 Å². The van der Waals surface area contributed by atoms with Gasteiger partial charge in [-0.05, 0) is 31.0 Å². The quantitative estimate of drug-likeness (QED) is 0.356. The number of fused-ring (bicyclic) bond motifs is 1. The van der Waals surface area contributed by atoms with Gasteiger partial charge in [0, 0.05) is 24.6 Å². The Hall–Kier alpha value is -4.56. The zero-order valence-electron chi connectivity index (χ0n) is 18.9. The standard InChI is InChI=1S/C25H19N7O3S/c26-14-15-8-10-32(11-9-15)25-28-21-20(36-25)17(13-18(27-21)16-5-2-1-3-6-16)22(33)29-24-31-30-23(35-24)19-7-4-12-34-19/h1-7,12-13,15H,8-11H2,(H,29,31,33). The van der Waals surface area contributed by atoms with Crippen LogP contribution in [0.2, 0.25) is 0 Å². The van der Waals surface area contributed by atoms with Gasteiger partial charge in [0.1, 0.15) is 0 Å². The van der Waals surface area contributed by atoms with Crippen LogP contribution < -0.4 is 10.2 Å². The normalized spacial score (nSPS) is 14.1. The second-order valence-corrected chi connectivity index (χ2v) is 9.28. The van der Waals surface area contributed by atoms with Crippen molar-refractivity contribution in [3.63, 3.8) is 0 Å². The number of piperidine rings is 1. The summed E-state index contributed by atoms with van der Waals surface area (Å²) in [5.41, 5.74) is 2.41. The first kappa shape index (κ1) is 21.9. The van der Waals surface area contributed by atoms with Crippen LogP contribution in [-0.4, -0.2) is 39.2 Å². The van der Waals surface area contributed by atoms with E-state index in [2.05, 4.69) is 26.5 Å². The third-order valence-corrected chi connectivity index (χ3v) is 7.13. The molecule has 1 fully saturated rings. The Bertz CT molecular complexity index is 1560. The van der Waals surface area contributed by atoms with E-state index in [1.807, 2.05) is 30.3 Å². The first-order chi connectivity index (χ1) is 17.7. The number of nitrogens with zero attached hydrogens (tertiary/aromatic N) is 6. The predicted octanol–water partition coefficient (Wildman–Crippen LogP) is 4.99. The minimum Gasteiger partial charge on any atom is -0.459 e. The molecule has 0 unspecified atom stereocenters. The molecule has 0 spiro atoms. The maximum Gasteiger partial charge on any atom is 0.322 e. The number of furan rings is 1. The number of pyridine rings is 1. The molecule has 10 nitrogen and oxygen atoms in total. The fourth-order valence-electron chi connectivity index (χ4n) is 4.10. The Labute approximate surface area is 209 Å². The van der Waals surface area contributed by atoms with E-state index in [1.54, 1.807) is 18.2 Å². The molecule has 5 heterocycles. The number of amides is 1. The number of anilines is 2. The third-order valence-electron chi connectivity index (χ3n) is 5.99. The van der Waals surface area contributed by atoms with Crippen molar-refractivity contribution in [1.82, 2.24) is 20.2 Å². The molecular formula is C25H19N7O3S. The van der Waals surface area contributed by atoms with Crippen LogP contribution >= 0.6 is 11.3 Å². The maximum absolute atomic E-state index is 13.4. The highest BCUT2D eigenvalue weighted by Crippen LogP contribution is 2.35. The zero-order chi connectivity index (χ0) is 24.5. The van der Waals surface area contributed by atoms with Crippen molar-refractivity contribution in [2.45, 2.75) is 12.8 Å². The molecule has 1 saturated heterocycles. The zero-order valence-corrected chi connectivity index (χ0v) is 19.7. The number of rotatable bonds is 5. The molecule has 0 radical (unpaired) electrons. The first-order valence-corrected chi connectivity index (χ1v) is 12.2. The number of aromatic nitrogens is 4. The van der Waals surface area contributed by atoms with Gasteiger partial charge >= 0.3 is 6.01 Å². The number of thiazole rings is 1. The Balaban J connectivity index is 1.36. The lowest BCUT2D eigenvalue weighted by Gasteiger charge is -2.28. The Morgan fingerprint density at radius 3 is 2.69 bits per heavy atom. The fourth-order valence-corrected chi connectivity index (χ4v) is 5.17. The van der Waals surface area contributed by atoms with Gasteiger partial charge in [-0.1, -0.05) is 46.8 Å². The summed E-state index contributed by atoms with van der Waals surface area (Å²) in [6.07, 6.45) is 3.08. The molecule has 5 aromatic rings. The van der Waals surface area contributed by atoms with Gasteiger partial charge < -0.3 is 13.7 Å². The van der Waals surface area contributed by atoms with Crippen molar-refractivity contribution in [1.29, 1.82) is 5.26 Å². The van der Waals surface area contributed by atoms with Crippen LogP contribution in [0.3, 0.4) is 0 Å². The summed E-state index contributed by atoms with van der Waals surface area (Å²) in [4.78, 5) is 25.1. The molecule has 36 heavy (non-hydrogen) atoms. The Morgan fingerprint density at radius 2 is 1.94 bits per heavy atom. The van der Waals surface area contributed by atoms with Crippen molar-refractivity contribution in [3.05, 3.63) is 60.4 Å². The lowest BCUT2D eigenvalue weighted by atomic mass is 9.99. The van der Waals surface area contributed by atoms with E-state index >= 15 is 0 Å². The molecule has 1 aliphatic rings. The van der Waals surface area contributed by atoms with E-state index < -0.39 is 5.91 Å². The van der Waals surface area contributed by atoms with Gasteiger partial charge in [-0.3, -0.25) is 10.1 Å². The summed E-state index contributed by atoms with van der Waals surface area (Å²) in [6.45, 7) is 1.48. The average molecular weight is 498 g/mol. The van der Waals surface area contributed by atoms with Crippen LogP contribution in [0, 0.1) is 17.2 Å². The average Bonchev–Trinajstić information content (AvgIpc) is 3.69. The monoisotopic (exact) mass is 497 g/mol. The van der Waals surface area contributed by atoms with Gasteiger partial charge in [0.05, 0.1) is 28.3 Å². The van der Waals surface area contributed by atoms with Gasteiger partial charge in [-0.2, -0.15) is 10.2 Å². The number of carbonyl (C=O) groups excluding carboxylic acids is 1. The number of hydrogen-bond donors (Lipinski definition) is 1. The highest BCUT2D eigenvalue weighted by Gasteiger charge is 2.25. The third kappa shape index (κ3) is 4.18. The van der Waals surface area contributed by atoms with Crippen molar-refractivity contribution in [2.75, 3.05) is 23.3 Å². The molecule has 1 aromatic carbocycles. The summed E-state index contributed by atoms with van der Waals surface area (Å²) >= 11 is 1.41. The molecule has 6 rings (SSSR count). The van der Waals surface area contributed by atoms with Gasteiger partial charge in [0.25, 0.3) is 11.8 Å². The highest BCUT2D eigenvalue weighted by atomic mass is 32.1. The Morgan fingerprint density at radius 1 is 1.11 bits per heavy atom. The number of benzene rings is 1. The molecule has 4 aromatic heterocycles. The summed E-state index contributed by atoms with van der Waals surface area (Å²) in [5.74, 6) is 0.238. The predicted molar refractivity (Wildman–Crippen MR) is 133 cm³/mol. The lowest BCUT2D eigenvalue weighted by Crippen LogP contribution is -2.33. The molecule has 1 aliphatic heterocycles. The number of nitrogens with one attached hydrogen (secondary N) is 1. The van der Waals surface area contributed by atoms with Gasteiger partial charge in [0.15, 0.2) is 16.5 Å². The molecule has 0 bridgehead atoms. The second-order valence-electron chi connectivity index (χ2n) is 8.30. The molecule has 178 valence electrons. The molecule has 0 atom stereocenters. The summed E-state index contributed by atoms with van der Waals surface area (Å²) < 4.78 is 11.5. The Kier molecular flexibility index (Phi) is 5.63. The van der Waals surface area contributed by atoms with Crippen LogP contribution in [0.1, 0.15) is 23.2 Å². The molecule has 1 N–H and O–H groups in total. The van der Waals surface area contributed by atoms with Crippen LogP contribution in [-0.2, 0) is 0 Å². The summed E-state index contributed by atoms with van der Waals surface area (Å²) in [5, 5.41) is 20.5. The summed E-state index contributed by atoms with van der Waals surface area (Å²) in [7, 11) is 0. The van der Waals surface area contributed by atoms with Crippen LogP contribution in [0.5, 0.6) is 0 Å². The van der Waals surface area contributed by atoms with Crippen LogP contribution in [0.25, 0.3) is 33.3 Å². The lowest BCUT2D eigenvalue weighted by molar-refractivity contribution is 0.102. The molecule has 0 saturated carbocycles. The molecule has 1 amide bonds. The topological polar surface area (TPSA) is 134 Å². The van der Waals surface area contributed by atoms with E-state index in [-0.39, 0.29) is 17.8 Å². The molecule has 0 aliphatic carbocycles. The van der Waals surface area contributed by atoms with E-state index in [4.69, 9.17) is 18.8 Å². The minimum atomic E-state index is -0.410.